The summed E-state index contributed by atoms with van der Waals surface area (Å²) in [5.74, 6) is 0. The topological polar surface area (TPSA) is 77.0 Å². The summed E-state index contributed by atoms with van der Waals surface area (Å²) in [6.45, 7) is -0.113. The molecule has 2 heterocycles. The molecule has 0 amide bonds. The monoisotopic (exact) mass is 254 g/mol. The second-order valence-electron chi connectivity index (χ2n) is 4.35. The van der Waals surface area contributed by atoms with E-state index in [0.29, 0.717) is 0 Å². The number of aromatic nitrogens is 3. The van der Waals surface area contributed by atoms with Crippen molar-refractivity contribution in [1.82, 2.24) is 14.5 Å². The van der Waals surface area contributed by atoms with Gasteiger partial charge >= 0.3 is 0 Å². The number of benzene rings is 1. The number of nitrogens with two attached hydrogens (primary N) is 1. The van der Waals surface area contributed by atoms with Crippen molar-refractivity contribution in [2.24, 2.45) is 5.73 Å². The van der Waals surface area contributed by atoms with Crippen LogP contribution in [0.5, 0.6) is 0 Å². The number of nitrogens with zero attached hydrogens (tertiary/aromatic N) is 3. The van der Waals surface area contributed by atoms with Gasteiger partial charge in [-0.25, -0.2) is 4.98 Å². The number of hydrogen-bond acceptors (Lipinski definition) is 4. The molecule has 96 valence electrons. The SMILES string of the molecule is NC(CO)c1cncn1-c1cccc2cnccc12. The quantitative estimate of drug-likeness (QED) is 0.741. The fourth-order valence-corrected chi connectivity index (χ4v) is 2.19. The van der Waals surface area contributed by atoms with Crippen LogP contribution in [0.1, 0.15) is 11.7 Å². The summed E-state index contributed by atoms with van der Waals surface area (Å²) in [5.41, 5.74) is 7.66. The predicted molar refractivity (Wildman–Crippen MR) is 72.9 cm³/mol. The van der Waals surface area contributed by atoms with Crippen LogP contribution in [0.2, 0.25) is 0 Å². The zero-order valence-electron chi connectivity index (χ0n) is 10.3. The number of hydrogen-bond donors (Lipinski definition) is 2. The molecule has 2 aromatic heterocycles. The molecule has 0 radical (unpaired) electrons. The first kappa shape index (κ1) is 11.8. The van der Waals surface area contributed by atoms with Crippen LogP contribution in [0, 0.1) is 0 Å². The lowest BCUT2D eigenvalue weighted by Gasteiger charge is -2.14. The molecule has 3 aromatic rings. The smallest absolute Gasteiger partial charge is 0.0994 e. The molecule has 1 atom stereocenters. The van der Waals surface area contributed by atoms with E-state index in [1.165, 1.54) is 0 Å². The van der Waals surface area contributed by atoms with E-state index in [4.69, 9.17) is 5.73 Å². The molecule has 5 heteroatoms. The van der Waals surface area contributed by atoms with Crippen LogP contribution in [-0.2, 0) is 0 Å². The van der Waals surface area contributed by atoms with Crippen LogP contribution in [0.15, 0.2) is 49.2 Å². The summed E-state index contributed by atoms with van der Waals surface area (Å²) in [6, 6.07) is 7.48. The number of aliphatic hydroxyl groups excluding tert-OH is 1. The maximum absolute atomic E-state index is 9.22. The molecule has 5 nitrogen and oxygen atoms in total. The predicted octanol–water partition coefficient (Wildman–Crippen LogP) is 1.41. The third kappa shape index (κ3) is 1.99. The highest BCUT2D eigenvalue weighted by Crippen LogP contribution is 2.24. The van der Waals surface area contributed by atoms with Crippen molar-refractivity contribution >= 4 is 10.8 Å². The Balaban J connectivity index is 2.23. The highest BCUT2D eigenvalue weighted by molar-refractivity contribution is 5.89. The first-order valence-corrected chi connectivity index (χ1v) is 6.03. The third-order valence-corrected chi connectivity index (χ3v) is 3.16. The summed E-state index contributed by atoms with van der Waals surface area (Å²) in [5, 5.41) is 11.3. The summed E-state index contributed by atoms with van der Waals surface area (Å²) in [7, 11) is 0. The number of aliphatic hydroxyl groups is 1. The van der Waals surface area contributed by atoms with Gasteiger partial charge in [0.15, 0.2) is 0 Å². The third-order valence-electron chi connectivity index (χ3n) is 3.16. The van der Waals surface area contributed by atoms with Crippen molar-refractivity contribution in [3.05, 3.63) is 54.9 Å². The van der Waals surface area contributed by atoms with Gasteiger partial charge in [0, 0.05) is 23.2 Å². The molecular weight excluding hydrogens is 240 g/mol. The Morgan fingerprint density at radius 2 is 2.11 bits per heavy atom. The van der Waals surface area contributed by atoms with Crippen LogP contribution < -0.4 is 5.73 Å². The van der Waals surface area contributed by atoms with E-state index in [0.717, 1.165) is 22.2 Å². The molecule has 3 rings (SSSR count). The van der Waals surface area contributed by atoms with E-state index in [9.17, 15) is 5.11 Å². The maximum atomic E-state index is 9.22. The minimum atomic E-state index is -0.445. The van der Waals surface area contributed by atoms with Crippen LogP contribution in [0.25, 0.3) is 16.5 Å². The van der Waals surface area contributed by atoms with Crippen LogP contribution in [0.3, 0.4) is 0 Å². The minimum absolute atomic E-state index is 0.113. The molecule has 0 fully saturated rings. The van der Waals surface area contributed by atoms with Gasteiger partial charge < -0.3 is 15.4 Å². The summed E-state index contributed by atoms with van der Waals surface area (Å²) >= 11 is 0. The Morgan fingerprint density at radius 3 is 2.95 bits per heavy atom. The van der Waals surface area contributed by atoms with Crippen LogP contribution in [0.4, 0.5) is 0 Å². The van der Waals surface area contributed by atoms with Crippen molar-refractivity contribution < 1.29 is 5.11 Å². The molecule has 3 N–H and O–H groups in total. The Hall–Kier alpha value is -2.24. The van der Waals surface area contributed by atoms with E-state index in [2.05, 4.69) is 9.97 Å². The molecule has 0 saturated carbocycles. The summed E-state index contributed by atoms with van der Waals surface area (Å²) < 4.78 is 1.91. The first-order valence-electron chi connectivity index (χ1n) is 6.03. The fourth-order valence-electron chi connectivity index (χ4n) is 2.19. The van der Waals surface area contributed by atoms with Crippen LogP contribution >= 0.6 is 0 Å². The number of imidazole rings is 1. The molecule has 1 aromatic carbocycles. The summed E-state index contributed by atoms with van der Waals surface area (Å²) in [4.78, 5) is 8.25. The largest absolute Gasteiger partial charge is 0.394 e. The average molecular weight is 254 g/mol. The van der Waals surface area contributed by atoms with Crippen molar-refractivity contribution in [3.8, 4) is 5.69 Å². The Kier molecular flexibility index (Phi) is 2.98. The molecular formula is C14H14N4O. The molecule has 0 bridgehead atoms. The van der Waals surface area contributed by atoms with Gasteiger partial charge in [-0.3, -0.25) is 4.98 Å². The lowest BCUT2D eigenvalue weighted by molar-refractivity contribution is 0.265. The normalized spacial score (nSPS) is 12.7. The molecule has 1 unspecified atom stereocenters. The standard InChI is InChI=1S/C14H14N4O/c15-12(8-19)14-7-17-9-18(14)13-3-1-2-10-6-16-5-4-11(10)13/h1-7,9,12,19H,8,15H2. The zero-order chi connectivity index (χ0) is 13.2. The second kappa shape index (κ2) is 4.79. The molecule has 0 spiro atoms. The maximum Gasteiger partial charge on any atom is 0.0994 e. The molecule has 0 aliphatic carbocycles. The van der Waals surface area contributed by atoms with Gasteiger partial charge in [-0.15, -0.1) is 0 Å². The van der Waals surface area contributed by atoms with E-state index < -0.39 is 6.04 Å². The van der Waals surface area contributed by atoms with Gasteiger partial charge in [0.05, 0.1) is 36.6 Å². The van der Waals surface area contributed by atoms with E-state index >= 15 is 0 Å². The average Bonchev–Trinajstić information content (AvgIpc) is 2.95. The van der Waals surface area contributed by atoms with Crippen molar-refractivity contribution in [2.75, 3.05) is 6.61 Å². The van der Waals surface area contributed by atoms with E-state index in [1.807, 2.05) is 35.0 Å². The van der Waals surface area contributed by atoms with Crippen molar-refractivity contribution in [1.29, 1.82) is 0 Å². The number of rotatable bonds is 3. The molecule has 0 aliphatic heterocycles. The number of pyridine rings is 1. The van der Waals surface area contributed by atoms with Gasteiger partial charge in [-0.1, -0.05) is 12.1 Å². The Bertz CT molecular complexity index is 702. The molecule has 0 aliphatic rings. The Labute approximate surface area is 110 Å². The lowest BCUT2D eigenvalue weighted by atomic mass is 10.1. The highest BCUT2D eigenvalue weighted by Gasteiger charge is 2.13. The number of fused-ring (bicyclic) bond motifs is 1. The van der Waals surface area contributed by atoms with E-state index in [-0.39, 0.29) is 6.61 Å². The van der Waals surface area contributed by atoms with Gasteiger partial charge in [0.1, 0.15) is 0 Å². The Morgan fingerprint density at radius 1 is 1.21 bits per heavy atom. The fraction of sp³-hybridized carbons (Fsp3) is 0.143. The van der Waals surface area contributed by atoms with Gasteiger partial charge in [-0.05, 0) is 12.1 Å². The van der Waals surface area contributed by atoms with Gasteiger partial charge in [0.2, 0.25) is 0 Å². The molecule has 0 saturated heterocycles. The first-order chi connectivity index (χ1) is 9.31. The van der Waals surface area contributed by atoms with Gasteiger partial charge in [-0.2, -0.15) is 0 Å². The lowest BCUT2D eigenvalue weighted by Crippen LogP contribution is -2.18. The summed E-state index contributed by atoms with van der Waals surface area (Å²) in [6.07, 6.45) is 6.97. The second-order valence-corrected chi connectivity index (χ2v) is 4.35. The van der Waals surface area contributed by atoms with Crippen LogP contribution in [-0.4, -0.2) is 26.2 Å². The van der Waals surface area contributed by atoms with E-state index in [1.54, 1.807) is 18.7 Å². The van der Waals surface area contributed by atoms with Gasteiger partial charge in [0.25, 0.3) is 0 Å². The molecule has 19 heavy (non-hydrogen) atoms. The van der Waals surface area contributed by atoms with Crippen molar-refractivity contribution in [2.45, 2.75) is 6.04 Å². The highest BCUT2D eigenvalue weighted by atomic mass is 16.3. The van der Waals surface area contributed by atoms with Crippen molar-refractivity contribution in [3.63, 3.8) is 0 Å². The zero-order valence-corrected chi connectivity index (χ0v) is 10.3. The minimum Gasteiger partial charge on any atom is -0.394 e.